The lowest BCUT2D eigenvalue weighted by Gasteiger charge is -2.11. The molecule has 7 heteroatoms. The van der Waals surface area contributed by atoms with Crippen LogP contribution in [0.4, 0.5) is 10.1 Å². The standard InChI is InChI=1S/C15H17FN4OS/c1-9(14(21)17-12-5-3-4-11(16)8-12)22-15-19-18-13(20(15)2)10-6-7-10/h3-5,8-10H,6-7H2,1-2H3,(H,17,21)/t9-/m0/s1. The van der Waals surface area contributed by atoms with E-state index in [-0.39, 0.29) is 17.0 Å². The summed E-state index contributed by atoms with van der Waals surface area (Å²) in [7, 11) is 1.92. The molecule has 1 amide bonds. The normalized spacial score (nSPS) is 15.6. The third-order valence-electron chi connectivity index (χ3n) is 3.55. The Balaban J connectivity index is 1.63. The van der Waals surface area contributed by atoms with E-state index in [0.29, 0.717) is 11.6 Å². The molecule has 1 fully saturated rings. The number of anilines is 1. The zero-order chi connectivity index (χ0) is 15.7. The molecule has 0 unspecified atom stereocenters. The number of aromatic nitrogens is 3. The highest BCUT2D eigenvalue weighted by Gasteiger charge is 2.30. The molecule has 0 radical (unpaired) electrons. The second-order valence-corrected chi connectivity index (χ2v) is 6.74. The fourth-order valence-electron chi connectivity index (χ4n) is 2.15. The van der Waals surface area contributed by atoms with Gasteiger partial charge in [0.05, 0.1) is 5.25 Å². The number of thioether (sulfide) groups is 1. The first-order valence-electron chi connectivity index (χ1n) is 7.17. The Morgan fingerprint density at radius 3 is 2.91 bits per heavy atom. The number of carbonyl (C=O) groups is 1. The average Bonchev–Trinajstić information content (AvgIpc) is 3.25. The molecule has 1 saturated carbocycles. The first kappa shape index (κ1) is 15.0. The molecule has 1 atom stereocenters. The molecule has 22 heavy (non-hydrogen) atoms. The molecule has 0 aliphatic heterocycles. The van der Waals surface area contributed by atoms with Gasteiger partial charge in [-0.25, -0.2) is 4.39 Å². The smallest absolute Gasteiger partial charge is 0.237 e. The van der Waals surface area contributed by atoms with E-state index in [9.17, 15) is 9.18 Å². The van der Waals surface area contributed by atoms with Crippen LogP contribution in [0.25, 0.3) is 0 Å². The van der Waals surface area contributed by atoms with Crippen molar-refractivity contribution in [3.63, 3.8) is 0 Å². The fourth-order valence-corrected chi connectivity index (χ4v) is 2.97. The molecule has 1 aromatic heterocycles. The number of hydrogen-bond donors (Lipinski definition) is 1. The third-order valence-corrected chi connectivity index (χ3v) is 4.69. The largest absolute Gasteiger partial charge is 0.325 e. The number of hydrogen-bond acceptors (Lipinski definition) is 4. The highest BCUT2D eigenvalue weighted by Crippen LogP contribution is 2.39. The third kappa shape index (κ3) is 3.30. The van der Waals surface area contributed by atoms with Gasteiger partial charge in [-0.3, -0.25) is 4.79 Å². The van der Waals surface area contributed by atoms with Crippen LogP contribution in [-0.4, -0.2) is 25.9 Å². The lowest BCUT2D eigenvalue weighted by molar-refractivity contribution is -0.115. The zero-order valence-corrected chi connectivity index (χ0v) is 13.2. The molecule has 1 heterocycles. The Morgan fingerprint density at radius 1 is 1.45 bits per heavy atom. The molecule has 3 rings (SSSR count). The van der Waals surface area contributed by atoms with E-state index in [0.717, 1.165) is 23.8 Å². The van der Waals surface area contributed by atoms with E-state index in [4.69, 9.17) is 0 Å². The molecule has 2 aromatic rings. The van der Waals surface area contributed by atoms with Crippen LogP contribution in [0.5, 0.6) is 0 Å². The minimum absolute atomic E-state index is 0.188. The van der Waals surface area contributed by atoms with Crippen molar-refractivity contribution in [1.82, 2.24) is 14.8 Å². The average molecular weight is 320 g/mol. The summed E-state index contributed by atoms with van der Waals surface area (Å²) in [6.45, 7) is 1.80. The van der Waals surface area contributed by atoms with Crippen molar-refractivity contribution in [3.8, 4) is 0 Å². The zero-order valence-electron chi connectivity index (χ0n) is 12.4. The second kappa shape index (κ2) is 6.08. The minimum atomic E-state index is -0.375. The van der Waals surface area contributed by atoms with Gasteiger partial charge in [0.2, 0.25) is 5.91 Å². The molecule has 0 spiro atoms. The number of halogens is 1. The van der Waals surface area contributed by atoms with Gasteiger partial charge >= 0.3 is 0 Å². The topological polar surface area (TPSA) is 59.8 Å². The van der Waals surface area contributed by atoms with Gasteiger partial charge in [-0.1, -0.05) is 17.8 Å². The fraction of sp³-hybridized carbons (Fsp3) is 0.400. The van der Waals surface area contributed by atoms with E-state index in [1.54, 1.807) is 19.1 Å². The number of rotatable bonds is 5. The van der Waals surface area contributed by atoms with Crippen LogP contribution in [0.1, 0.15) is 31.5 Å². The van der Waals surface area contributed by atoms with Gasteiger partial charge in [0, 0.05) is 18.7 Å². The lowest BCUT2D eigenvalue weighted by Crippen LogP contribution is -2.22. The summed E-state index contributed by atoms with van der Waals surface area (Å²) in [5, 5.41) is 11.4. The molecular formula is C15H17FN4OS. The number of carbonyl (C=O) groups excluding carboxylic acids is 1. The summed E-state index contributed by atoms with van der Waals surface area (Å²) < 4.78 is 15.1. The first-order valence-corrected chi connectivity index (χ1v) is 8.05. The first-order chi connectivity index (χ1) is 10.5. The highest BCUT2D eigenvalue weighted by atomic mass is 32.2. The Morgan fingerprint density at radius 2 is 2.23 bits per heavy atom. The molecule has 0 bridgehead atoms. The predicted molar refractivity (Wildman–Crippen MR) is 83.3 cm³/mol. The SMILES string of the molecule is C[C@H](Sc1nnc(C2CC2)n1C)C(=O)Nc1cccc(F)c1. The van der Waals surface area contributed by atoms with Crippen molar-refractivity contribution >= 4 is 23.4 Å². The monoisotopic (exact) mass is 320 g/mol. The van der Waals surface area contributed by atoms with Crippen molar-refractivity contribution in [1.29, 1.82) is 0 Å². The summed E-state index contributed by atoms with van der Waals surface area (Å²) >= 11 is 1.35. The van der Waals surface area contributed by atoms with E-state index in [2.05, 4.69) is 15.5 Å². The van der Waals surface area contributed by atoms with Crippen LogP contribution in [0.15, 0.2) is 29.4 Å². The Kier molecular flexibility index (Phi) is 4.15. The Labute approximate surface area is 132 Å². The van der Waals surface area contributed by atoms with Gasteiger partial charge in [0.25, 0.3) is 0 Å². The van der Waals surface area contributed by atoms with Crippen LogP contribution in [0.3, 0.4) is 0 Å². The number of amides is 1. The van der Waals surface area contributed by atoms with Crippen molar-refractivity contribution < 1.29 is 9.18 Å². The van der Waals surface area contributed by atoms with Gasteiger partial charge in [0.15, 0.2) is 5.16 Å². The molecular weight excluding hydrogens is 303 g/mol. The molecule has 1 aliphatic carbocycles. The predicted octanol–water partition coefficient (Wildman–Crippen LogP) is 2.95. The Hall–Kier alpha value is -1.89. The summed E-state index contributed by atoms with van der Waals surface area (Å²) in [6, 6.07) is 5.86. The van der Waals surface area contributed by atoms with Crippen LogP contribution in [0, 0.1) is 5.82 Å². The van der Waals surface area contributed by atoms with Crippen molar-refractivity contribution in [2.75, 3.05) is 5.32 Å². The molecule has 1 aliphatic rings. The van der Waals surface area contributed by atoms with Crippen molar-refractivity contribution in [3.05, 3.63) is 35.9 Å². The van der Waals surface area contributed by atoms with E-state index < -0.39 is 0 Å². The van der Waals surface area contributed by atoms with Gasteiger partial charge in [0.1, 0.15) is 11.6 Å². The second-order valence-electron chi connectivity index (χ2n) is 5.43. The molecule has 116 valence electrons. The maximum Gasteiger partial charge on any atom is 0.237 e. The minimum Gasteiger partial charge on any atom is -0.325 e. The Bertz CT molecular complexity index is 699. The molecule has 5 nitrogen and oxygen atoms in total. The number of nitrogens with zero attached hydrogens (tertiary/aromatic N) is 3. The summed E-state index contributed by atoms with van der Waals surface area (Å²) in [6.07, 6.45) is 2.32. The molecule has 0 saturated heterocycles. The quantitative estimate of drug-likeness (QED) is 0.861. The number of nitrogens with one attached hydrogen (secondary N) is 1. The maximum atomic E-state index is 13.1. The lowest BCUT2D eigenvalue weighted by atomic mass is 10.3. The van der Waals surface area contributed by atoms with Crippen LogP contribution in [-0.2, 0) is 11.8 Å². The van der Waals surface area contributed by atoms with Crippen LogP contribution >= 0.6 is 11.8 Å². The van der Waals surface area contributed by atoms with E-state index in [1.165, 1.54) is 23.9 Å². The van der Waals surface area contributed by atoms with Gasteiger partial charge in [-0.15, -0.1) is 10.2 Å². The summed E-state index contributed by atoms with van der Waals surface area (Å²) in [5.74, 6) is 0.940. The maximum absolute atomic E-state index is 13.1. The highest BCUT2D eigenvalue weighted by molar-refractivity contribution is 8.00. The van der Waals surface area contributed by atoms with E-state index >= 15 is 0 Å². The van der Waals surface area contributed by atoms with Crippen molar-refractivity contribution in [2.45, 2.75) is 36.1 Å². The molecule has 1 aromatic carbocycles. The van der Waals surface area contributed by atoms with E-state index in [1.807, 2.05) is 11.6 Å². The van der Waals surface area contributed by atoms with Crippen LogP contribution in [0.2, 0.25) is 0 Å². The summed E-state index contributed by atoms with van der Waals surface area (Å²) in [4.78, 5) is 12.2. The number of benzene rings is 1. The van der Waals surface area contributed by atoms with Gasteiger partial charge in [-0.05, 0) is 38.0 Å². The van der Waals surface area contributed by atoms with Crippen LogP contribution < -0.4 is 5.32 Å². The molecule has 1 N–H and O–H groups in total. The van der Waals surface area contributed by atoms with Gasteiger partial charge < -0.3 is 9.88 Å². The van der Waals surface area contributed by atoms with Crippen molar-refractivity contribution in [2.24, 2.45) is 7.05 Å². The van der Waals surface area contributed by atoms with Gasteiger partial charge in [-0.2, -0.15) is 0 Å². The summed E-state index contributed by atoms with van der Waals surface area (Å²) in [5.41, 5.74) is 0.453.